The highest BCUT2D eigenvalue weighted by Gasteiger charge is 2.46. The maximum Gasteiger partial charge on any atom is 0.169 e. The molecule has 1 aromatic rings. The fraction of sp³-hybridized carbons (Fsp3) is 0.462. The van der Waals surface area contributed by atoms with Crippen LogP contribution in [0.2, 0.25) is 0 Å². The number of halogens is 1. The molecule has 78 valence electrons. The third kappa shape index (κ3) is 1.31. The SMILES string of the molecule is O=C1c2ccc(Br)cc2CC12CCCC2. The lowest BCUT2D eigenvalue weighted by Crippen LogP contribution is -2.23. The summed E-state index contributed by atoms with van der Waals surface area (Å²) < 4.78 is 1.09. The number of ketones is 1. The van der Waals surface area contributed by atoms with Crippen molar-refractivity contribution in [3.63, 3.8) is 0 Å². The number of rotatable bonds is 0. The summed E-state index contributed by atoms with van der Waals surface area (Å²) in [5, 5.41) is 0. The van der Waals surface area contributed by atoms with E-state index in [1.54, 1.807) is 0 Å². The van der Waals surface area contributed by atoms with Crippen molar-refractivity contribution >= 4 is 21.7 Å². The van der Waals surface area contributed by atoms with Gasteiger partial charge in [-0.2, -0.15) is 0 Å². The van der Waals surface area contributed by atoms with E-state index in [2.05, 4.69) is 22.0 Å². The molecule has 15 heavy (non-hydrogen) atoms. The normalized spacial score (nSPS) is 22.3. The molecule has 0 aliphatic heterocycles. The molecule has 0 bridgehead atoms. The Hall–Kier alpha value is -0.630. The molecule has 2 aliphatic carbocycles. The zero-order chi connectivity index (χ0) is 10.5. The van der Waals surface area contributed by atoms with E-state index >= 15 is 0 Å². The van der Waals surface area contributed by atoms with Gasteiger partial charge in [-0.25, -0.2) is 0 Å². The molecule has 0 unspecified atom stereocenters. The molecule has 2 heteroatoms. The minimum atomic E-state index is -0.0108. The fourth-order valence-electron chi connectivity index (χ4n) is 3.12. The Bertz CT molecular complexity index is 430. The number of carbonyl (C=O) groups excluding carboxylic acids is 1. The molecule has 0 atom stereocenters. The number of Topliss-reactive ketones (excluding diaryl/α,β-unsaturated/α-hetero) is 1. The second-order valence-corrected chi connectivity index (χ2v) is 5.71. The summed E-state index contributed by atoms with van der Waals surface area (Å²) in [6.07, 6.45) is 5.61. The zero-order valence-electron chi connectivity index (χ0n) is 8.55. The van der Waals surface area contributed by atoms with E-state index in [-0.39, 0.29) is 5.41 Å². The van der Waals surface area contributed by atoms with Gasteiger partial charge in [-0.15, -0.1) is 0 Å². The van der Waals surface area contributed by atoms with Crippen LogP contribution in [0.5, 0.6) is 0 Å². The molecule has 1 fully saturated rings. The van der Waals surface area contributed by atoms with E-state index in [1.165, 1.54) is 18.4 Å². The molecule has 0 N–H and O–H groups in total. The number of hydrogen-bond donors (Lipinski definition) is 0. The molecule has 0 radical (unpaired) electrons. The van der Waals surface area contributed by atoms with Crippen molar-refractivity contribution in [2.45, 2.75) is 32.1 Å². The molecule has 1 aromatic carbocycles. The summed E-state index contributed by atoms with van der Waals surface area (Å²) in [4.78, 5) is 12.3. The minimum absolute atomic E-state index is 0.0108. The van der Waals surface area contributed by atoms with Gasteiger partial charge in [0.25, 0.3) is 0 Å². The van der Waals surface area contributed by atoms with Crippen molar-refractivity contribution in [1.82, 2.24) is 0 Å². The van der Waals surface area contributed by atoms with Crippen molar-refractivity contribution in [3.05, 3.63) is 33.8 Å². The second kappa shape index (κ2) is 3.18. The topological polar surface area (TPSA) is 17.1 Å². The number of carbonyl (C=O) groups is 1. The summed E-state index contributed by atoms with van der Waals surface area (Å²) in [6, 6.07) is 6.07. The van der Waals surface area contributed by atoms with Crippen molar-refractivity contribution < 1.29 is 4.79 Å². The van der Waals surface area contributed by atoms with Crippen molar-refractivity contribution in [2.75, 3.05) is 0 Å². The second-order valence-electron chi connectivity index (χ2n) is 4.79. The highest BCUT2D eigenvalue weighted by atomic mass is 79.9. The summed E-state index contributed by atoms with van der Waals surface area (Å²) >= 11 is 3.47. The van der Waals surface area contributed by atoms with Crippen LogP contribution < -0.4 is 0 Å². The Morgan fingerprint density at radius 3 is 2.67 bits per heavy atom. The molecule has 3 rings (SSSR count). The summed E-state index contributed by atoms with van der Waals surface area (Å²) in [5.41, 5.74) is 2.21. The zero-order valence-corrected chi connectivity index (χ0v) is 10.1. The number of hydrogen-bond acceptors (Lipinski definition) is 1. The quantitative estimate of drug-likeness (QED) is 0.698. The molecule has 0 saturated heterocycles. The summed E-state index contributed by atoms with van der Waals surface area (Å²) in [7, 11) is 0. The van der Waals surface area contributed by atoms with E-state index in [4.69, 9.17) is 0 Å². The predicted octanol–water partition coefficient (Wildman–Crippen LogP) is 3.75. The average molecular weight is 265 g/mol. The van der Waals surface area contributed by atoms with Crippen LogP contribution in [0.1, 0.15) is 41.6 Å². The molecule has 0 aromatic heterocycles. The smallest absolute Gasteiger partial charge is 0.169 e. The van der Waals surface area contributed by atoms with E-state index in [9.17, 15) is 4.79 Å². The van der Waals surface area contributed by atoms with E-state index in [0.717, 1.165) is 29.3 Å². The van der Waals surface area contributed by atoms with Gasteiger partial charge in [0.2, 0.25) is 0 Å². The van der Waals surface area contributed by atoms with Gasteiger partial charge in [-0.05, 0) is 43.0 Å². The van der Waals surface area contributed by atoms with Crippen molar-refractivity contribution in [3.8, 4) is 0 Å². The van der Waals surface area contributed by atoms with Gasteiger partial charge in [0, 0.05) is 15.5 Å². The van der Waals surface area contributed by atoms with Gasteiger partial charge in [0.15, 0.2) is 5.78 Å². The van der Waals surface area contributed by atoms with Crippen LogP contribution >= 0.6 is 15.9 Å². The Kier molecular flexibility index (Phi) is 2.03. The van der Waals surface area contributed by atoms with Gasteiger partial charge in [0.1, 0.15) is 0 Å². The lowest BCUT2D eigenvalue weighted by Gasteiger charge is -2.19. The van der Waals surface area contributed by atoms with Crippen molar-refractivity contribution in [1.29, 1.82) is 0 Å². The van der Waals surface area contributed by atoms with Crippen LogP contribution in [0.25, 0.3) is 0 Å². The highest BCUT2D eigenvalue weighted by Crippen LogP contribution is 2.48. The molecule has 1 nitrogen and oxygen atoms in total. The molecule has 1 spiro atoms. The Balaban J connectivity index is 2.08. The van der Waals surface area contributed by atoms with Crippen LogP contribution in [0.4, 0.5) is 0 Å². The third-order valence-electron chi connectivity index (χ3n) is 3.88. The lowest BCUT2D eigenvalue weighted by molar-refractivity contribution is 0.0827. The van der Waals surface area contributed by atoms with E-state index in [1.807, 2.05) is 12.1 Å². The van der Waals surface area contributed by atoms with Gasteiger partial charge < -0.3 is 0 Å². The highest BCUT2D eigenvalue weighted by molar-refractivity contribution is 9.10. The van der Waals surface area contributed by atoms with Crippen LogP contribution in [0.15, 0.2) is 22.7 Å². The fourth-order valence-corrected chi connectivity index (χ4v) is 3.52. The van der Waals surface area contributed by atoms with Crippen LogP contribution in [-0.2, 0) is 6.42 Å². The monoisotopic (exact) mass is 264 g/mol. The Labute approximate surface area is 98.0 Å². The summed E-state index contributed by atoms with van der Waals surface area (Å²) in [5.74, 6) is 0.405. The van der Waals surface area contributed by atoms with Crippen LogP contribution in [0, 0.1) is 5.41 Å². The third-order valence-corrected chi connectivity index (χ3v) is 4.38. The first-order chi connectivity index (χ1) is 7.21. The van der Waals surface area contributed by atoms with Gasteiger partial charge in [-0.3, -0.25) is 4.79 Å². The number of benzene rings is 1. The first-order valence-electron chi connectivity index (χ1n) is 5.55. The standard InChI is InChI=1S/C13H13BrO/c14-10-3-4-11-9(7-10)8-13(12(11)15)5-1-2-6-13/h3-4,7H,1-2,5-6,8H2. The first kappa shape index (κ1) is 9.59. The van der Waals surface area contributed by atoms with Gasteiger partial charge in [-0.1, -0.05) is 28.8 Å². The van der Waals surface area contributed by atoms with Crippen LogP contribution in [0.3, 0.4) is 0 Å². The predicted molar refractivity (Wildman–Crippen MR) is 63.1 cm³/mol. The first-order valence-corrected chi connectivity index (χ1v) is 6.34. The van der Waals surface area contributed by atoms with Gasteiger partial charge in [0.05, 0.1) is 0 Å². The molecule has 2 aliphatic rings. The Morgan fingerprint density at radius 2 is 1.93 bits per heavy atom. The molecule has 0 amide bonds. The van der Waals surface area contributed by atoms with Gasteiger partial charge >= 0.3 is 0 Å². The van der Waals surface area contributed by atoms with E-state index in [0.29, 0.717) is 5.78 Å². The molecule has 1 saturated carbocycles. The molecule has 0 heterocycles. The molecular formula is C13H13BrO. The lowest BCUT2D eigenvalue weighted by atomic mass is 9.82. The maximum atomic E-state index is 12.3. The average Bonchev–Trinajstić information content (AvgIpc) is 2.76. The molecular weight excluding hydrogens is 252 g/mol. The largest absolute Gasteiger partial charge is 0.294 e. The van der Waals surface area contributed by atoms with E-state index < -0.39 is 0 Å². The minimum Gasteiger partial charge on any atom is -0.294 e. The maximum absolute atomic E-state index is 12.3. The van der Waals surface area contributed by atoms with Crippen LogP contribution in [-0.4, -0.2) is 5.78 Å². The summed E-state index contributed by atoms with van der Waals surface area (Å²) in [6.45, 7) is 0. The van der Waals surface area contributed by atoms with Crippen molar-refractivity contribution in [2.24, 2.45) is 5.41 Å². The Morgan fingerprint density at radius 1 is 1.20 bits per heavy atom. The number of fused-ring (bicyclic) bond motifs is 1.